The van der Waals surface area contributed by atoms with E-state index in [0.29, 0.717) is 18.6 Å². The number of hydrogen-bond donors (Lipinski definition) is 2. The second kappa shape index (κ2) is 6.12. The number of aliphatic hydroxyl groups is 1. The van der Waals surface area contributed by atoms with Crippen molar-refractivity contribution in [3.63, 3.8) is 0 Å². The Bertz CT molecular complexity index is 182. The summed E-state index contributed by atoms with van der Waals surface area (Å²) in [7, 11) is 0. The zero-order valence-electron chi connectivity index (χ0n) is 9.45. The Morgan fingerprint density at radius 1 is 1.20 bits per heavy atom. The summed E-state index contributed by atoms with van der Waals surface area (Å²) in [4.78, 5) is 0. The topological polar surface area (TPSA) is 32.3 Å². The minimum Gasteiger partial charge on any atom is -0.396 e. The van der Waals surface area contributed by atoms with Crippen LogP contribution in [0.4, 0.5) is 0 Å². The van der Waals surface area contributed by atoms with Crippen molar-refractivity contribution in [2.24, 2.45) is 11.8 Å². The third-order valence-electron chi connectivity index (χ3n) is 3.84. The van der Waals surface area contributed by atoms with E-state index in [2.05, 4.69) is 17.1 Å². The van der Waals surface area contributed by atoms with Crippen LogP contribution in [-0.2, 0) is 0 Å². The molecular weight excluding hydrogens is 206 g/mol. The molecule has 1 saturated heterocycles. The molecule has 88 valence electrons. The molecule has 1 saturated carbocycles. The zero-order chi connectivity index (χ0) is 10.5. The molecule has 0 aromatic carbocycles. The quantitative estimate of drug-likeness (QED) is 0.772. The molecule has 0 radical (unpaired) electrons. The lowest BCUT2D eigenvalue weighted by atomic mass is 9.85. The molecule has 0 spiro atoms. The summed E-state index contributed by atoms with van der Waals surface area (Å²) >= 11 is 2.09. The van der Waals surface area contributed by atoms with Gasteiger partial charge < -0.3 is 10.4 Å². The number of aliphatic hydroxyl groups excluding tert-OH is 1. The lowest BCUT2D eigenvalue weighted by Crippen LogP contribution is -2.42. The second-order valence-electron chi connectivity index (χ2n) is 4.97. The highest BCUT2D eigenvalue weighted by atomic mass is 32.2. The summed E-state index contributed by atoms with van der Waals surface area (Å²) in [6.45, 7) is 1.55. The Balaban J connectivity index is 1.71. The Hall–Kier alpha value is 0.270. The van der Waals surface area contributed by atoms with Crippen LogP contribution in [0.1, 0.15) is 32.1 Å². The summed E-state index contributed by atoms with van der Waals surface area (Å²) in [5.74, 6) is 4.09. The van der Waals surface area contributed by atoms with E-state index in [4.69, 9.17) is 0 Å². The molecule has 1 aliphatic carbocycles. The van der Waals surface area contributed by atoms with Crippen LogP contribution >= 0.6 is 11.8 Å². The first-order chi connectivity index (χ1) is 7.40. The minimum absolute atomic E-state index is 0.372. The first kappa shape index (κ1) is 11.7. The van der Waals surface area contributed by atoms with Gasteiger partial charge in [-0.25, -0.2) is 0 Å². The van der Waals surface area contributed by atoms with Crippen LogP contribution in [0, 0.1) is 11.8 Å². The van der Waals surface area contributed by atoms with Gasteiger partial charge >= 0.3 is 0 Å². The van der Waals surface area contributed by atoms with Crippen molar-refractivity contribution in [3.05, 3.63) is 0 Å². The van der Waals surface area contributed by atoms with Gasteiger partial charge in [0.25, 0.3) is 0 Å². The molecule has 15 heavy (non-hydrogen) atoms. The molecule has 2 rings (SSSR count). The third-order valence-corrected chi connectivity index (χ3v) is 5.07. The SMILES string of the molecule is OCC1CCCCC1NCC1CCSC1. The van der Waals surface area contributed by atoms with Crippen LogP contribution in [0.25, 0.3) is 0 Å². The van der Waals surface area contributed by atoms with Crippen LogP contribution < -0.4 is 5.32 Å². The number of hydrogen-bond acceptors (Lipinski definition) is 3. The predicted octanol–water partition coefficient (Wildman–Crippen LogP) is 1.88. The standard InChI is InChI=1S/C12H23NOS/c14-8-11-3-1-2-4-12(11)13-7-10-5-6-15-9-10/h10-14H,1-9H2. The number of thioether (sulfide) groups is 1. The Morgan fingerprint density at radius 2 is 2.07 bits per heavy atom. The van der Waals surface area contributed by atoms with Crippen molar-refractivity contribution in [2.75, 3.05) is 24.7 Å². The van der Waals surface area contributed by atoms with Gasteiger partial charge in [-0.15, -0.1) is 0 Å². The first-order valence-corrected chi connectivity index (χ1v) is 7.47. The van der Waals surface area contributed by atoms with Gasteiger partial charge in [0.1, 0.15) is 0 Å². The number of nitrogens with one attached hydrogen (secondary N) is 1. The van der Waals surface area contributed by atoms with Gasteiger partial charge in [-0.3, -0.25) is 0 Å². The van der Waals surface area contributed by atoms with E-state index in [0.717, 1.165) is 5.92 Å². The van der Waals surface area contributed by atoms with Crippen LogP contribution in [0.15, 0.2) is 0 Å². The fourth-order valence-electron chi connectivity index (χ4n) is 2.76. The van der Waals surface area contributed by atoms with Gasteiger partial charge in [-0.2, -0.15) is 11.8 Å². The maximum absolute atomic E-state index is 9.31. The van der Waals surface area contributed by atoms with Gasteiger partial charge in [0.15, 0.2) is 0 Å². The molecule has 0 aromatic rings. The Morgan fingerprint density at radius 3 is 2.80 bits per heavy atom. The lowest BCUT2D eigenvalue weighted by molar-refractivity contribution is 0.151. The van der Waals surface area contributed by atoms with E-state index in [1.165, 1.54) is 50.2 Å². The lowest BCUT2D eigenvalue weighted by Gasteiger charge is -2.31. The highest BCUT2D eigenvalue weighted by Gasteiger charge is 2.25. The van der Waals surface area contributed by atoms with Crippen molar-refractivity contribution in [2.45, 2.75) is 38.1 Å². The Labute approximate surface area is 97.2 Å². The molecule has 1 heterocycles. The molecule has 2 aliphatic rings. The first-order valence-electron chi connectivity index (χ1n) is 6.32. The monoisotopic (exact) mass is 229 g/mol. The van der Waals surface area contributed by atoms with Gasteiger partial charge in [-0.05, 0) is 49.1 Å². The van der Waals surface area contributed by atoms with E-state index in [9.17, 15) is 5.11 Å². The summed E-state index contributed by atoms with van der Waals surface area (Å²) in [5, 5.41) is 13.0. The van der Waals surface area contributed by atoms with Crippen molar-refractivity contribution in [1.82, 2.24) is 5.32 Å². The zero-order valence-corrected chi connectivity index (χ0v) is 10.3. The van der Waals surface area contributed by atoms with E-state index in [-0.39, 0.29) is 0 Å². The van der Waals surface area contributed by atoms with Crippen molar-refractivity contribution < 1.29 is 5.11 Å². The van der Waals surface area contributed by atoms with Gasteiger partial charge in [0.05, 0.1) is 0 Å². The highest BCUT2D eigenvalue weighted by Crippen LogP contribution is 2.26. The third kappa shape index (κ3) is 3.36. The molecule has 2 fully saturated rings. The molecule has 0 aromatic heterocycles. The second-order valence-corrected chi connectivity index (χ2v) is 6.12. The normalized spacial score (nSPS) is 37.0. The average molecular weight is 229 g/mol. The van der Waals surface area contributed by atoms with Crippen LogP contribution in [0.3, 0.4) is 0 Å². The Kier molecular flexibility index (Phi) is 4.79. The average Bonchev–Trinajstić information content (AvgIpc) is 2.79. The van der Waals surface area contributed by atoms with E-state index in [1.54, 1.807) is 0 Å². The highest BCUT2D eigenvalue weighted by molar-refractivity contribution is 7.99. The van der Waals surface area contributed by atoms with Crippen LogP contribution in [0.5, 0.6) is 0 Å². The van der Waals surface area contributed by atoms with Crippen LogP contribution in [0.2, 0.25) is 0 Å². The van der Waals surface area contributed by atoms with Crippen molar-refractivity contribution in [1.29, 1.82) is 0 Å². The molecule has 2 nitrogen and oxygen atoms in total. The largest absolute Gasteiger partial charge is 0.396 e. The van der Waals surface area contributed by atoms with Crippen LogP contribution in [-0.4, -0.2) is 35.8 Å². The molecule has 0 bridgehead atoms. The number of rotatable bonds is 4. The summed E-state index contributed by atoms with van der Waals surface area (Å²) in [6, 6.07) is 0.592. The maximum Gasteiger partial charge on any atom is 0.0474 e. The van der Waals surface area contributed by atoms with Crippen molar-refractivity contribution >= 4 is 11.8 Å². The molecule has 3 atom stereocenters. The molecule has 2 N–H and O–H groups in total. The summed E-state index contributed by atoms with van der Waals surface area (Å²) in [5.41, 5.74) is 0. The minimum atomic E-state index is 0.372. The fourth-order valence-corrected chi connectivity index (χ4v) is 4.04. The van der Waals surface area contributed by atoms with E-state index < -0.39 is 0 Å². The summed E-state index contributed by atoms with van der Waals surface area (Å²) < 4.78 is 0. The van der Waals surface area contributed by atoms with Crippen molar-refractivity contribution in [3.8, 4) is 0 Å². The molecule has 1 aliphatic heterocycles. The molecular formula is C12H23NOS. The molecule has 0 amide bonds. The summed E-state index contributed by atoms with van der Waals surface area (Å²) in [6.07, 6.45) is 6.52. The van der Waals surface area contributed by atoms with E-state index in [1.807, 2.05) is 0 Å². The van der Waals surface area contributed by atoms with E-state index >= 15 is 0 Å². The smallest absolute Gasteiger partial charge is 0.0474 e. The van der Waals surface area contributed by atoms with Gasteiger partial charge in [-0.1, -0.05) is 12.8 Å². The van der Waals surface area contributed by atoms with Gasteiger partial charge in [0.2, 0.25) is 0 Å². The molecule has 3 unspecified atom stereocenters. The fraction of sp³-hybridized carbons (Fsp3) is 1.00. The molecule has 3 heteroatoms. The predicted molar refractivity (Wildman–Crippen MR) is 66.3 cm³/mol. The maximum atomic E-state index is 9.31. The van der Waals surface area contributed by atoms with Gasteiger partial charge in [0, 0.05) is 12.6 Å².